The van der Waals surface area contributed by atoms with Gasteiger partial charge in [0.2, 0.25) is 5.91 Å². The maximum Gasteiger partial charge on any atom is 0.281 e. The van der Waals surface area contributed by atoms with Gasteiger partial charge in [0, 0.05) is 65.1 Å². The molecule has 0 saturated carbocycles. The Labute approximate surface area is 149 Å². The first kappa shape index (κ1) is 18.3. The van der Waals surface area contributed by atoms with Gasteiger partial charge in [0.25, 0.3) is 10.2 Å². The number of aromatic nitrogens is 2. The van der Waals surface area contributed by atoms with Crippen LogP contribution < -0.4 is 0 Å². The van der Waals surface area contributed by atoms with Crippen molar-refractivity contribution in [3.63, 3.8) is 0 Å². The SMILES string of the molecule is CN(C)S(=O)(=O)N1C[C@@H]2CC[C@H](C1)N(C(=O)CCCn1ccnc1)C2. The summed E-state index contributed by atoms with van der Waals surface area (Å²) in [6.07, 6.45) is 8.50. The molecule has 25 heavy (non-hydrogen) atoms. The molecule has 0 aromatic carbocycles. The standard InChI is InChI=1S/C16H27N5O3S/c1-18(2)25(23,24)20-10-14-5-6-15(12-20)21(11-14)16(22)4-3-8-19-9-7-17-13-19/h7,9,13-15H,3-6,8,10-12H2,1-2H3/t14-,15+/m0/s1. The largest absolute Gasteiger partial charge is 0.338 e. The first-order valence-electron chi connectivity index (χ1n) is 8.80. The molecule has 3 fully saturated rings. The van der Waals surface area contributed by atoms with E-state index in [1.807, 2.05) is 15.7 Å². The third-order valence-electron chi connectivity index (χ3n) is 5.15. The predicted octanol–water partition coefficient (Wildman–Crippen LogP) is 0.393. The van der Waals surface area contributed by atoms with E-state index in [1.165, 1.54) is 4.31 Å². The number of piperidine rings is 1. The molecule has 1 aromatic heterocycles. The quantitative estimate of drug-likeness (QED) is 0.727. The van der Waals surface area contributed by atoms with E-state index in [-0.39, 0.29) is 17.9 Å². The van der Waals surface area contributed by atoms with Crippen molar-refractivity contribution in [1.29, 1.82) is 0 Å². The molecule has 0 N–H and O–H groups in total. The third-order valence-corrected chi connectivity index (χ3v) is 7.03. The summed E-state index contributed by atoms with van der Waals surface area (Å²) in [4.78, 5) is 18.6. The minimum Gasteiger partial charge on any atom is -0.338 e. The Hall–Kier alpha value is -1.45. The summed E-state index contributed by atoms with van der Waals surface area (Å²) in [7, 11) is -0.313. The number of hydrogen-bond donors (Lipinski definition) is 0. The molecular weight excluding hydrogens is 342 g/mol. The van der Waals surface area contributed by atoms with Gasteiger partial charge in [-0.05, 0) is 25.2 Å². The second-order valence-corrected chi connectivity index (χ2v) is 9.30. The Morgan fingerprint density at radius 1 is 1.24 bits per heavy atom. The number of fused-ring (bicyclic) bond motifs is 4. The maximum atomic E-state index is 12.7. The summed E-state index contributed by atoms with van der Waals surface area (Å²) in [6, 6.07) is -0.00535. The van der Waals surface area contributed by atoms with E-state index in [1.54, 1.807) is 30.9 Å². The molecule has 4 heterocycles. The van der Waals surface area contributed by atoms with Gasteiger partial charge in [0.05, 0.1) is 6.33 Å². The first-order chi connectivity index (χ1) is 11.9. The molecule has 2 bridgehead atoms. The Bertz CT molecular complexity index is 689. The van der Waals surface area contributed by atoms with E-state index in [0.717, 1.165) is 25.8 Å². The van der Waals surface area contributed by atoms with Crippen molar-refractivity contribution in [2.45, 2.75) is 38.3 Å². The van der Waals surface area contributed by atoms with Gasteiger partial charge in [-0.15, -0.1) is 0 Å². The van der Waals surface area contributed by atoms with Crippen molar-refractivity contribution in [2.24, 2.45) is 5.92 Å². The molecule has 0 spiro atoms. The number of aryl methyl sites for hydroxylation is 1. The average molecular weight is 369 g/mol. The first-order valence-corrected chi connectivity index (χ1v) is 10.2. The Kier molecular flexibility index (Phi) is 5.45. The average Bonchev–Trinajstić information content (AvgIpc) is 2.90. The molecule has 0 radical (unpaired) electrons. The van der Waals surface area contributed by atoms with Crippen LogP contribution in [0, 0.1) is 5.92 Å². The fraction of sp³-hybridized carbons (Fsp3) is 0.750. The van der Waals surface area contributed by atoms with Crippen LogP contribution in [0.1, 0.15) is 25.7 Å². The molecule has 3 saturated heterocycles. The summed E-state index contributed by atoms with van der Waals surface area (Å²) in [5.74, 6) is 0.366. The lowest BCUT2D eigenvalue weighted by Crippen LogP contribution is -2.48. The highest BCUT2D eigenvalue weighted by molar-refractivity contribution is 7.86. The maximum absolute atomic E-state index is 12.7. The molecule has 140 valence electrons. The van der Waals surface area contributed by atoms with Crippen LogP contribution in [0.5, 0.6) is 0 Å². The molecule has 4 rings (SSSR count). The topological polar surface area (TPSA) is 78.8 Å². The van der Waals surface area contributed by atoms with Crippen molar-refractivity contribution >= 4 is 16.1 Å². The fourth-order valence-electron chi connectivity index (χ4n) is 3.74. The molecule has 8 nitrogen and oxygen atoms in total. The Balaban J connectivity index is 1.61. The van der Waals surface area contributed by atoms with Gasteiger partial charge in [-0.25, -0.2) is 4.98 Å². The number of amides is 1. The van der Waals surface area contributed by atoms with Crippen LogP contribution >= 0.6 is 0 Å². The molecule has 3 aliphatic heterocycles. The number of carbonyl (C=O) groups is 1. The molecule has 9 heteroatoms. The monoisotopic (exact) mass is 369 g/mol. The lowest BCUT2D eigenvalue weighted by Gasteiger charge is -2.36. The number of nitrogens with zero attached hydrogens (tertiary/aromatic N) is 5. The molecule has 3 aliphatic rings. The summed E-state index contributed by atoms with van der Waals surface area (Å²) >= 11 is 0. The van der Waals surface area contributed by atoms with Gasteiger partial charge in [-0.2, -0.15) is 17.0 Å². The molecular formula is C16H27N5O3S. The number of hydrogen-bond acceptors (Lipinski definition) is 4. The second-order valence-electron chi connectivity index (χ2n) is 7.15. The van der Waals surface area contributed by atoms with Gasteiger partial charge < -0.3 is 9.47 Å². The lowest BCUT2D eigenvalue weighted by atomic mass is 9.94. The van der Waals surface area contributed by atoms with E-state index in [9.17, 15) is 13.2 Å². The van der Waals surface area contributed by atoms with Crippen molar-refractivity contribution in [3.8, 4) is 0 Å². The van der Waals surface area contributed by atoms with Crippen LogP contribution in [-0.2, 0) is 21.5 Å². The smallest absolute Gasteiger partial charge is 0.281 e. The molecule has 0 aliphatic carbocycles. The van der Waals surface area contributed by atoms with Crippen LogP contribution in [0.4, 0.5) is 0 Å². The van der Waals surface area contributed by atoms with Gasteiger partial charge >= 0.3 is 0 Å². The minimum absolute atomic E-state index is 0.00535. The van der Waals surface area contributed by atoms with E-state index in [4.69, 9.17) is 0 Å². The number of rotatable bonds is 6. The minimum atomic E-state index is -3.43. The van der Waals surface area contributed by atoms with E-state index >= 15 is 0 Å². The second kappa shape index (κ2) is 7.43. The van der Waals surface area contributed by atoms with Crippen molar-refractivity contribution in [1.82, 2.24) is 23.1 Å². The summed E-state index contributed by atoms with van der Waals surface area (Å²) in [6.45, 7) is 2.36. The van der Waals surface area contributed by atoms with Gasteiger partial charge in [-0.1, -0.05) is 0 Å². The highest BCUT2D eigenvalue weighted by Crippen LogP contribution is 2.30. The zero-order chi connectivity index (χ0) is 18.0. The Morgan fingerprint density at radius 2 is 2.04 bits per heavy atom. The predicted molar refractivity (Wildman–Crippen MR) is 93.9 cm³/mol. The molecule has 1 amide bonds. The van der Waals surface area contributed by atoms with Crippen LogP contribution in [0.3, 0.4) is 0 Å². The number of imidazole rings is 1. The summed E-state index contributed by atoms with van der Waals surface area (Å²) < 4.78 is 29.7. The molecule has 1 aromatic rings. The van der Waals surface area contributed by atoms with E-state index < -0.39 is 10.2 Å². The summed E-state index contributed by atoms with van der Waals surface area (Å²) in [5.41, 5.74) is 0. The highest BCUT2D eigenvalue weighted by atomic mass is 32.2. The highest BCUT2D eigenvalue weighted by Gasteiger charge is 2.41. The third kappa shape index (κ3) is 4.04. The van der Waals surface area contributed by atoms with Crippen LogP contribution in [0.25, 0.3) is 0 Å². The van der Waals surface area contributed by atoms with E-state index in [2.05, 4.69) is 4.98 Å². The van der Waals surface area contributed by atoms with Gasteiger partial charge in [0.15, 0.2) is 0 Å². The Morgan fingerprint density at radius 3 is 2.72 bits per heavy atom. The normalized spacial score (nSPS) is 24.7. The van der Waals surface area contributed by atoms with Gasteiger partial charge in [-0.3, -0.25) is 4.79 Å². The molecule has 0 unspecified atom stereocenters. The van der Waals surface area contributed by atoms with Crippen LogP contribution in [-0.4, -0.2) is 77.2 Å². The van der Waals surface area contributed by atoms with E-state index in [0.29, 0.717) is 26.1 Å². The summed E-state index contributed by atoms with van der Waals surface area (Å²) in [5, 5.41) is 0. The van der Waals surface area contributed by atoms with Gasteiger partial charge in [0.1, 0.15) is 0 Å². The lowest BCUT2D eigenvalue weighted by molar-refractivity contribution is -0.135. The van der Waals surface area contributed by atoms with Crippen LogP contribution in [0.15, 0.2) is 18.7 Å². The fourth-order valence-corrected chi connectivity index (χ4v) is 4.96. The van der Waals surface area contributed by atoms with Crippen molar-refractivity contribution in [2.75, 3.05) is 33.7 Å². The molecule has 2 atom stereocenters. The van der Waals surface area contributed by atoms with Crippen molar-refractivity contribution in [3.05, 3.63) is 18.7 Å². The zero-order valence-corrected chi connectivity index (χ0v) is 15.7. The number of carbonyl (C=O) groups excluding carboxylic acids is 1. The van der Waals surface area contributed by atoms with Crippen LogP contribution in [0.2, 0.25) is 0 Å². The van der Waals surface area contributed by atoms with Crippen molar-refractivity contribution < 1.29 is 13.2 Å². The zero-order valence-electron chi connectivity index (χ0n) is 14.9.